The maximum absolute atomic E-state index is 12.9. The van der Waals surface area contributed by atoms with E-state index in [2.05, 4.69) is 5.16 Å². The van der Waals surface area contributed by atoms with E-state index in [4.69, 9.17) is 18.7 Å². The molecule has 0 bridgehead atoms. The van der Waals surface area contributed by atoms with Crippen molar-refractivity contribution < 1.29 is 23.5 Å². The van der Waals surface area contributed by atoms with E-state index in [-0.39, 0.29) is 11.8 Å². The molecule has 1 aliphatic heterocycles. The minimum absolute atomic E-state index is 0.127. The molecule has 0 saturated carbocycles. The molecule has 1 saturated heterocycles. The van der Waals surface area contributed by atoms with Crippen molar-refractivity contribution in [3.05, 3.63) is 40.8 Å². The highest BCUT2D eigenvalue weighted by Gasteiger charge is 2.32. The molecule has 1 fully saturated rings. The lowest BCUT2D eigenvalue weighted by atomic mass is 9.97. The van der Waals surface area contributed by atoms with Crippen molar-refractivity contribution in [2.45, 2.75) is 25.9 Å². The molecule has 0 N–H and O–H groups in total. The zero-order valence-electron chi connectivity index (χ0n) is 15.6. The van der Waals surface area contributed by atoms with Crippen LogP contribution < -0.4 is 9.47 Å². The van der Waals surface area contributed by atoms with Gasteiger partial charge in [0, 0.05) is 31.7 Å². The Morgan fingerprint density at radius 3 is 2.81 bits per heavy atom. The quantitative estimate of drug-likeness (QED) is 0.789. The average Bonchev–Trinajstić information content (AvgIpc) is 3.29. The summed E-state index contributed by atoms with van der Waals surface area (Å²) in [5.41, 5.74) is 2.10. The first-order valence-electron chi connectivity index (χ1n) is 8.54. The largest absolute Gasteiger partial charge is 0.497 e. The number of carbonyl (C=O) groups is 1. The van der Waals surface area contributed by atoms with Gasteiger partial charge in [-0.25, -0.2) is 0 Å². The maximum Gasteiger partial charge on any atom is 0.276 e. The van der Waals surface area contributed by atoms with Crippen molar-refractivity contribution in [1.29, 1.82) is 0 Å². The average molecular weight is 360 g/mol. The molecule has 1 aliphatic rings. The molecule has 26 heavy (non-hydrogen) atoms. The summed E-state index contributed by atoms with van der Waals surface area (Å²) in [4.78, 5) is 14.7. The second-order valence-electron chi connectivity index (χ2n) is 6.34. The molecule has 0 radical (unpaired) electrons. The number of ether oxygens (including phenoxy) is 3. The van der Waals surface area contributed by atoms with Gasteiger partial charge in [0.15, 0.2) is 5.69 Å². The molecule has 2 aromatic rings. The van der Waals surface area contributed by atoms with E-state index in [9.17, 15) is 4.79 Å². The molecule has 2 heterocycles. The van der Waals surface area contributed by atoms with Gasteiger partial charge in [0.1, 0.15) is 17.3 Å². The van der Waals surface area contributed by atoms with Crippen LogP contribution in [0.25, 0.3) is 0 Å². The number of aromatic nitrogens is 1. The number of benzene rings is 1. The summed E-state index contributed by atoms with van der Waals surface area (Å²) in [6, 6.07) is 5.75. The second kappa shape index (κ2) is 7.78. The first-order valence-corrected chi connectivity index (χ1v) is 8.54. The third kappa shape index (κ3) is 3.39. The Hall–Kier alpha value is -2.54. The van der Waals surface area contributed by atoms with Crippen LogP contribution in [0.3, 0.4) is 0 Å². The fourth-order valence-corrected chi connectivity index (χ4v) is 3.38. The third-order valence-corrected chi connectivity index (χ3v) is 4.83. The minimum Gasteiger partial charge on any atom is -0.497 e. The maximum atomic E-state index is 12.9. The summed E-state index contributed by atoms with van der Waals surface area (Å²) in [6.45, 7) is 3.34. The number of likely N-dealkylation sites (tertiary alicyclic amines) is 1. The zero-order chi connectivity index (χ0) is 18.7. The molecule has 1 amide bonds. The van der Waals surface area contributed by atoms with Gasteiger partial charge >= 0.3 is 0 Å². The zero-order valence-corrected chi connectivity index (χ0v) is 15.6. The third-order valence-electron chi connectivity index (χ3n) is 4.83. The van der Waals surface area contributed by atoms with Crippen molar-refractivity contribution in [3.8, 4) is 11.5 Å². The van der Waals surface area contributed by atoms with Crippen molar-refractivity contribution in [2.75, 3.05) is 34.4 Å². The standard InChI is InChI=1S/C19H24N2O5/c1-12-16(11-23-2)18(20-26-12)19(22)21-8-7-13(10-21)15-9-14(24-3)5-6-17(15)25-4/h5-6,9,13H,7-8,10-11H2,1-4H3. The van der Waals surface area contributed by atoms with Crippen molar-refractivity contribution in [1.82, 2.24) is 10.1 Å². The monoisotopic (exact) mass is 360 g/mol. The summed E-state index contributed by atoms with van der Waals surface area (Å²) in [5, 5.41) is 3.95. The smallest absolute Gasteiger partial charge is 0.276 e. The van der Waals surface area contributed by atoms with Gasteiger partial charge in [0.25, 0.3) is 5.91 Å². The van der Waals surface area contributed by atoms with Gasteiger partial charge in [-0.1, -0.05) is 5.16 Å². The number of methoxy groups -OCH3 is 3. The van der Waals surface area contributed by atoms with E-state index in [1.165, 1.54) is 0 Å². The minimum atomic E-state index is -0.127. The summed E-state index contributed by atoms with van der Waals surface area (Å²) in [6.07, 6.45) is 0.853. The van der Waals surface area contributed by atoms with Crippen LogP contribution in [-0.4, -0.2) is 50.4 Å². The van der Waals surface area contributed by atoms with Crippen LogP contribution in [0.2, 0.25) is 0 Å². The molecule has 1 aromatic heterocycles. The topological polar surface area (TPSA) is 74.0 Å². The Bertz CT molecular complexity index is 786. The lowest BCUT2D eigenvalue weighted by molar-refractivity contribution is 0.0776. The SMILES string of the molecule is COCc1c(C(=O)N2CCC(c3cc(OC)ccc3OC)C2)noc1C. The van der Waals surface area contributed by atoms with E-state index in [0.717, 1.165) is 23.5 Å². The first-order chi connectivity index (χ1) is 12.6. The van der Waals surface area contributed by atoms with Crippen LogP contribution in [0.4, 0.5) is 0 Å². The number of nitrogens with zero attached hydrogens (tertiary/aromatic N) is 2. The van der Waals surface area contributed by atoms with Crippen LogP contribution in [0, 0.1) is 6.92 Å². The highest BCUT2D eigenvalue weighted by atomic mass is 16.5. The van der Waals surface area contributed by atoms with Gasteiger partial charge in [-0.05, 0) is 31.5 Å². The molecule has 0 spiro atoms. The normalized spacial score (nSPS) is 16.8. The molecule has 0 aliphatic carbocycles. The van der Waals surface area contributed by atoms with Gasteiger partial charge in [0.2, 0.25) is 0 Å². The van der Waals surface area contributed by atoms with Gasteiger partial charge in [-0.15, -0.1) is 0 Å². The fraction of sp³-hybridized carbons (Fsp3) is 0.474. The van der Waals surface area contributed by atoms with Gasteiger partial charge in [-0.2, -0.15) is 0 Å². The number of aryl methyl sites for hydroxylation is 1. The van der Waals surface area contributed by atoms with Gasteiger partial charge < -0.3 is 23.6 Å². The fourth-order valence-electron chi connectivity index (χ4n) is 3.38. The molecule has 7 heteroatoms. The molecule has 3 rings (SSSR count). The summed E-state index contributed by atoms with van der Waals surface area (Å²) < 4.78 is 21.2. The molecule has 1 aromatic carbocycles. The predicted octanol–water partition coefficient (Wildman–Crippen LogP) is 2.78. The number of amides is 1. The van der Waals surface area contributed by atoms with E-state index < -0.39 is 0 Å². The molecular weight excluding hydrogens is 336 g/mol. The van der Waals surface area contributed by atoms with E-state index in [0.29, 0.717) is 36.7 Å². The van der Waals surface area contributed by atoms with E-state index in [1.807, 2.05) is 18.2 Å². The summed E-state index contributed by atoms with van der Waals surface area (Å²) >= 11 is 0. The molecule has 7 nitrogen and oxygen atoms in total. The highest BCUT2D eigenvalue weighted by Crippen LogP contribution is 2.36. The Morgan fingerprint density at radius 1 is 1.31 bits per heavy atom. The van der Waals surface area contributed by atoms with Gasteiger partial charge in [0.05, 0.1) is 26.4 Å². The van der Waals surface area contributed by atoms with Crippen molar-refractivity contribution in [3.63, 3.8) is 0 Å². The number of carbonyl (C=O) groups excluding carboxylic acids is 1. The first kappa shape index (κ1) is 18.3. The summed E-state index contributed by atoms with van der Waals surface area (Å²) in [7, 11) is 4.88. The lowest BCUT2D eigenvalue weighted by Crippen LogP contribution is -2.29. The number of rotatable bonds is 6. The number of hydrogen-bond donors (Lipinski definition) is 0. The Morgan fingerprint density at radius 2 is 2.12 bits per heavy atom. The molecule has 1 unspecified atom stereocenters. The van der Waals surface area contributed by atoms with E-state index in [1.54, 1.807) is 33.2 Å². The van der Waals surface area contributed by atoms with Crippen LogP contribution in [0.1, 0.15) is 39.7 Å². The van der Waals surface area contributed by atoms with E-state index >= 15 is 0 Å². The van der Waals surface area contributed by atoms with Crippen LogP contribution in [0.15, 0.2) is 22.7 Å². The van der Waals surface area contributed by atoms with Crippen molar-refractivity contribution >= 4 is 5.91 Å². The van der Waals surface area contributed by atoms with Crippen LogP contribution >= 0.6 is 0 Å². The predicted molar refractivity (Wildman–Crippen MR) is 94.8 cm³/mol. The number of hydrogen-bond acceptors (Lipinski definition) is 6. The molecular formula is C19H24N2O5. The Kier molecular flexibility index (Phi) is 5.46. The molecule has 140 valence electrons. The van der Waals surface area contributed by atoms with Crippen LogP contribution in [0.5, 0.6) is 11.5 Å². The molecule has 1 atom stereocenters. The van der Waals surface area contributed by atoms with Gasteiger partial charge in [-0.3, -0.25) is 4.79 Å². The second-order valence-corrected chi connectivity index (χ2v) is 6.34. The van der Waals surface area contributed by atoms with Crippen molar-refractivity contribution in [2.24, 2.45) is 0 Å². The lowest BCUT2D eigenvalue weighted by Gasteiger charge is -2.18. The Balaban J connectivity index is 1.80. The summed E-state index contributed by atoms with van der Waals surface area (Å²) in [5.74, 6) is 2.25. The Labute approximate surface area is 152 Å². The van der Waals surface area contributed by atoms with Crippen LogP contribution in [-0.2, 0) is 11.3 Å². The highest BCUT2D eigenvalue weighted by molar-refractivity contribution is 5.94.